The number of rotatable bonds is 3. The van der Waals surface area contributed by atoms with Gasteiger partial charge in [-0.25, -0.2) is 0 Å². The van der Waals surface area contributed by atoms with E-state index in [4.69, 9.17) is 0 Å². The second-order valence-corrected chi connectivity index (χ2v) is 4.04. The molecule has 1 amide bonds. The van der Waals surface area contributed by atoms with Gasteiger partial charge in [0.25, 0.3) is 12.2 Å². The lowest BCUT2D eigenvalue weighted by Gasteiger charge is -2.01. The molecule has 1 aliphatic rings. The Labute approximate surface area is 109 Å². The van der Waals surface area contributed by atoms with E-state index in [1.165, 1.54) is 0 Å². The molecule has 0 spiro atoms. The Morgan fingerprint density at radius 2 is 1.53 bits per heavy atom. The molecule has 1 aliphatic heterocycles. The van der Waals surface area contributed by atoms with Crippen molar-refractivity contribution in [2.24, 2.45) is 20.5 Å². The molecule has 2 aromatic rings. The molecule has 0 atom stereocenters. The third kappa shape index (κ3) is 2.77. The highest BCUT2D eigenvalue weighted by Gasteiger charge is 2.14. The Bertz CT molecular complexity index is 641. The number of benzene rings is 2. The lowest BCUT2D eigenvalue weighted by molar-refractivity contribution is 0.0993. The zero-order chi connectivity index (χ0) is 13.1. The molecule has 0 saturated carbocycles. The van der Waals surface area contributed by atoms with Crippen LogP contribution in [-0.2, 0) is 0 Å². The standard InChI is InChI=1S/C14H10N4O/c19-13(15-16-14-17-18-14)12-8-6-11(7-9-12)10-4-2-1-3-5-10/h1-9,14H. The zero-order valence-corrected chi connectivity index (χ0v) is 9.97. The van der Waals surface area contributed by atoms with Crippen molar-refractivity contribution in [1.82, 2.24) is 0 Å². The maximum absolute atomic E-state index is 11.7. The van der Waals surface area contributed by atoms with Crippen LogP contribution in [0.1, 0.15) is 10.4 Å². The Morgan fingerprint density at radius 3 is 2.16 bits per heavy atom. The van der Waals surface area contributed by atoms with Crippen LogP contribution >= 0.6 is 0 Å². The minimum absolute atomic E-state index is 0.378. The van der Waals surface area contributed by atoms with Gasteiger partial charge in [-0.05, 0) is 23.3 Å². The number of carbonyl (C=O) groups excluding carboxylic acids is 1. The molecule has 0 aromatic heterocycles. The molecule has 0 unspecified atom stereocenters. The van der Waals surface area contributed by atoms with Crippen molar-refractivity contribution in [3.05, 3.63) is 60.2 Å². The van der Waals surface area contributed by atoms with Gasteiger partial charge in [-0.3, -0.25) is 4.79 Å². The van der Waals surface area contributed by atoms with Gasteiger partial charge in [-0.1, -0.05) is 42.5 Å². The van der Waals surface area contributed by atoms with Crippen LogP contribution in [0.15, 0.2) is 75.1 Å². The first-order valence-electron chi connectivity index (χ1n) is 5.83. The minimum Gasteiger partial charge on any atom is -0.265 e. The minimum atomic E-state index is -0.465. The SMILES string of the molecule is O=C(N=NC1N=N1)c1ccc(-c2ccccc2)cc1. The van der Waals surface area contributed by atoms with Crippen molar-refractivity contribution < 1.29 is 4.79 Å². The number of carbonyl (C=O) groups is 1. The number of amides is 1. The molecule has 0 N–H and O–H groups in total. The summed E-state index contributed by atoms with van der Waals surface area (Å²) in [6.45, 7) is 0. The quantitative estimate of drug-likeness (QED) is 0.766. The fourth-order valence-electron chi connectivity index (χ4n) is 1.67. The molecule has 3 rings (SSSR count). The molecule has 0 radical (unpaired) electrons. The van der Waals surface area contributed by atoms with Crippen molar-refractivity contribution >= 4 is 5.91 Å². The van der Waals surface area contributed by atoms with Gasteiger partial charge in [0.05, 0.1) is 0 Å². The van der Waals surface area contributed by atoms with E-state index >= 15 is 0 Å². The molecule has 0 fully saturated rings. The highest BCUT2D eigenvalue weighted by Crippen LogP contribution is 2.20. The predicted octanol–water partition coefficient (Wildman–Crippen LogP) is 3.70. The van der Waals surface area contributed by atoms with Crippen LogP contribution in [0.4, 0.5) is 0 Å². The molecule has 2 aromatic carbocycles. The number of hydrogen-bond acceptors (Lipinski definition) is 4. The second-order valence-electron chi connectivity index (χ2n) is 4.04. The second kappa shape index (κ2) is 4.89. The summed E-state index contributed by atoms with van der Waals surface area (Å²) >= 11 is 0. The van der Waals surface area contributed by atoms with Crippen LogP contribution in [0, 0.1) is 0 Å². The lowest BCUT2D eigenvalue weighted by atomic mass is 10.0. The maximum atomic E-state index is 11.7. The monoisotopic (exact) mass is 250 g/mol. The Morgan fingerprint density at radius 1 is 0.895 bits per heavy atom. The van der Waals surface area contributed by atoms with E-state index in [0.717, 1.165) is 11.1 Å². The number of nitrogens with zero attached hydrogens (tertiary/aromatic N) is 4. The molecule has 1 heterocycles. The van der Waals surface area contributed by atoms with Crippen LogP contribution in [-0.4, -0.2) is 12.2 Å². The fraction of sp³-hybridized carbons (Fsp3) is 0.0714. The highest BCUT2D eigenvalue weighted by molar-refractivity contribution is 5.95. The summed E-state index contributed by atoms with van der Waals surface area (Å²) in [5, 5.41) is 14.3. The fourth-order valence-corrected chi connectivity index (χ4v) is 1.67. The predicted molar refractivity (Wildman–Crippen MR) is 69.7 cm³/mol. The molecular formula is C14H10N4O. The first kappa shape index (κ1) is 11.4. The largest absolute Gasteiger partial charge is 0.295 e. The summed E-state index contributed by atoms with van der Waals surface area (Å²) in [7, 11) is 0. The van der Waals surface area contributed by atoms with Gasteiger partial charge < -0.3 is 0 Å². The van der Waals surface area contributed by atoms with Gasteiger partial charge in [0.2, 0.25) is 0 Å². The summed E-state index contributed by atoms with van der Waals surface area (Å²) in [5.41, 5.74) is 2.67. The summed E-state index contributed by atoms with van der Waals surface area (Å²) in [6, 6.07) is 17.2. The highest BCUT2D eigenvalue weighted by atomic mass is 16.1. The molecule has 5 heteroatoms. The maximum Gasteiger partial charge on any atom is 0.295 e. The first-order valence-corrected chi connectivity index (χ1v) is 5.83. The van der Waals surface area contributed by atoms with Crippen LogP contribution < -0.4 is 0 Å². The number of azo groups is 1. The summed E-state index contributed by atoms with van der Waals surface area (Å²) in [6.07, 6.45) is -0.465. The summed E-state index contributed by atoms with van der Waals surface area (Å²) in [5.74, 6) is -0.378. The van der Waals surface area contributed by atoms with E-state index in [9.17, 15) is 4.79 Å². The molecule has 0 saturated heterocycles. The van der Waals surface area contributed by atoms with Crippen molar-refractivity contribution in [3.8, 4) is 11.1 Å². The van der Waals surface area contributed by atoms with Crippen LogP contribution in [0.5, 0.6) is 0 Å². The Hall–Kier alpha value is -2.69. The molecule has 0 bridgehead atoms. The van der Waals surface area contributed by atoms with Crippen molar-refractivity contribution in [2.45, 2.75) is 6.29 Å². The van der Waals surface area contributed by atoms with Gasteiger partial charge in [-0.15, -0.1) is 20.5 Å². The van der Waals surface area contributed by atoms with Gasteiger partial charge in [0.15, 0.2) is 0 Å². The van der Waals surface area contributed by atoms with Crippen LogP contribution in [0.25, 0.3) is 11.1 Å². The van der Waals surface area contributed by atoms with Gasteiger partial charge >= 0.3 is 0 Å². The molecular weight excluding hydrogens is 240 g/mol. The number of hydrogen-bond donors (Lipinski definition) is 0. The Kier molecular flexibility index (Phi) is 2.94. The smallest absolute Gasteiger partial charge is 0.265 e. The third-order valence-corrected chi connectivity index (χ3v) is 2.71. The van der Waals surface area contributed by atoms with E-state index in [0.29, 0.717) is 5.56 Å². The van der Waals surface area contributed by atoms with Crippen LogP contribution in [0.2, 0.25) is 0 Å². The molecule has 5 nitrogen and oxygen atoms in total. The molecule has 92 valence electrons. The summed E-state index contributed by atoms with van der Waals surface area (Å²) < 4.78 is 0. The van der Waals surface area contributed by atoms with E-state index in [1.54, 1.807) is 12.1 Å². The molecule has 19 heavy (non-hydrogen) atoms. The summed E-state index contributed by atoms with van der Waals surface area (Å²) in [4.78, 5) is 11.7. The van der Waals surface area contributed by atoms with E-state index in [-0.39, 0.29) is 5.91 Å². The van der Waals surface area contributed by atoms with Gasteiger partial charge in [0.1, 0.15) is 0 Å². The normalized spacial score (nSPS) is 13.9. The average molecular weight is 250 g/mol. The van der Waals surface area contributed by atoms with E-state index in [2.05, 4.69) is 20.5 Å². The van der Waals surface area contributed by atoms with Crippen molar-refractivity contribution in [2.75, 3.05) is 0 Å². The lowest BCUT2D eigenvalue weighted by Crippen LogP contribution is -1.94. The van der Waals surface area contributed by atoms with E-state index in [1.807, 2.05) is 42.5 Å². The Balaban J connectivity index is 1.77. The van der Waals surface area contributed by atoms with E-state index < -0.39 is 6.29 Å². The van der Waals surface area contributed by atoms with Gasteiger partial charge in [0, 0.05) is 5.56 Å². The van der Waals surface area contributed by atoms with Crippen molar-refractivity contribution in [3.63, 3.8) is 0 Å². The van der Waals surface area contributed by atoms with Crippen LogP contribution in [0.3, 0.4) is 0 Å². The van der Waals surface area contributed by atoms with Gasteiger partial charge in [-0.2, -0.15) is 0 Å². The first-order chi connectivity index (χ1) is 9.33. The average Bonchev–Trinajstić information content (AvgIpc) is 3.30. The molecule has 0 aliphatic carbocycles. The topological polar surface area (TPSA) is 66.5 Å². The third-order valence-electron chi connectivity index (χ3n) is 2.71. The zero-order valence-electron chi connectivity index (χ0n) is 9.97. The van der Waals surface area contributed by atoms with Crippen molar-refractivity contribution in [1.29, 1.82) is 0 Å².